The van der Waals surface area contributed by atoms with Gasteiger partial charge in [0, 0.05) is 6.54 Å². The van der Waals surface area contributed by atoms with E-state index in [0.717, 1.165) is 18.4 Å². The van der Waals surface area contributed by atoms with Crippen molar-refractivity contribution in [2.24, 2.45) is 17.6 Å². The van der Waals surface area contributed by atoms with Crippen molar-refractivity contribution in [2.75, 3.05) is 6.54 Å². The largest absolute Gasteiger partial charge is 0.370 e. The highest BCUT2D eigenvalue weighted by molar-refractivity contribution is 5.07. The molecule has 0 aromatic rings. The Labute approximate surface area is 86.2 Å². The third-order valence-electron chi connectivity index (χ3n) is 4.28. The van der Waals surface area contributed by atoms with E-state index in [-0.39, 0.29) is 0 Å². The number of nitrogens with two attached hydrogens (primary N) is 1. The van der Waals surface area contributed by atoms with Crippen LogP contribution in [0.3, 0.4) is 0 Å². The summed E-state index contributed by atoms with van der Waals surface area (Å²) in [6, 6.07) is 0. The van der Waals surface area contributed by atoms with Crippen LogP contribution >= 0.6 is 0 Å². The molecule has 14 heavy (non-hydrogen) atoms. The topological polar surface area (TPSA) is 35.2 Å². The van der Waals surface area contributed by atoms with E-state index in [4.69, 9.17) is 10.5 Å². The van der Waals surface area contributed by atoms with Gasteiger partial charge in [-0.05, 0) is 56.8 Å². The zero-order valence-corrected chi connectivity index (χ0v) is 8.87. The molecule has 80 valence electrons. The standard InChI is InChI=1S/C12H21NO/c13-8-11-2-1-7-12(14-11,9-3-4-9)10-5-6-10/h9-11H,1-8,13H2. The van der Waals surface area contributed by atoms with E-state index in [2.05, 4.69) is 0 Å². The Kier molecular flexibility index (Phi) is 2.10. The van der Waals surface area contributed by atoms with Crippen molar-refractivity contribution >= 4 is 0 Å². The van der Waals surface area contributed by atoms with Crippen LogP contribution in [0.1, 0.15) is 44.9 Å². The van der Waals surface area contributed by atoms with Crippen LogP contribution in [-0.4, -0.2) is 18.2 Å². The summed E-state index contributed by atoms with van der Waals surface area (Å²) in [5.41, 5.74) is 6.03. The third-order valence-corrected chi connectivity index (χ3v) is 4.28. The first kappa shape index (κ1) is 9.17. The Hall–Kier alpha value is -0.0800. The summed E-state index contributed by atoms with van der Waals surface area (Å²) in [4.78, 5) is 0. The predicted molar refractivity (Wildman–Crippen MR) is 56.0 cm³/mol. The molecule has 0 aromatic heterocycles. The third kappa shape index (κ3) is 1.40. The maximum atomic E-state index is 6.35. The molecule has 0 spiro atoms. The molecule has 2 aliphatic carbocycles. The van der Waals surface area contributed by atoms with E-state index in [0.29, 0.717) is 11.7 Å². The van der Waals surface area contributed by atoms with Gasteiger partial charge in [-0.2, -0.15) is 0 Å². The van der Waals surface area contributed by atoms with E-state index in [1.165, 1.54) is 44.9 Å². The van der Waals surface area contributed by atoms with Gasteiger partial charge in [0.2, 0.25) is 0 Å². The highest BCUT2D eigenvalue weighted by Crippen LogP contribution is 2.58. The highest BCUT2D eigenvalue weighted by atomic mass is 16.5. The molecule has 0 amide bonds. The van der Waals surface area contributed by atoms with Crippen molar-refractivity contribution in [1.82, 2.24) is 0 Å². The maximum Gasteiger partial charge on any atom is 0.0743 e. The highest BCUT2D eigenvalue weighted by Gasteiger charge is 2.56. The number of rotatable bonds is 3. The van der Waals surface area contributed by atoms with Crippen molar-refractivity contribution in [3.05, 3.63) is 0 Å². The van der Waals surface area contributed by atoms with Crippen LogP contribution in [-0.2, 0) is 4.74 Å². The molecule has 0 radical (unpaired) electrons. The summed E-state index contributed by atoms with van der Waals surface area (Å²) in [6.45, 7) is 0.723. The molecule has 1 saturated heterocycles. The van der Waals surface area contributed by atoms with E-state index in [9.17, 15) is 0 Å². The van der Waals surface area contributed by atoms with Crippen LogP contribution in [0, 0.1) is 11.8 Å². The Bertz CT molecular complexity index is 208. The number of hydrogen-bond donors (Lipinski definition) is 1. The Morgan fingerprint density at radius 2 is 1.71 bits per heavy atom. The van der Waals surface area contributed by atoms with Crippen molar-refractivity contribution < 1.29 is 4.74 Å². The van der Waals surface area contributed by atoms with Gasteiger partial charge in [-0.3, -0.25) is 0 Å². The molecule has 0 bridgehead atoms. The van der Waals surface area contributed by atoms with Crippen LogP contribution in [0.25, 0.3) is 0 Å². The second-order valence-corrected chi connectivity index (χ2v) is 5.37. The molecule has 1 aliphatic heterocycles. The van der Waals surface area contributed by atoms with E-state index >= 15 is 0 Å². The fourth-order valence-electron chi connectivity index (χ4n) is 3.28. The lowest BCUT2D eigenvalue weighted by molar-refractivity contribution is -0.150. The van der Waals surface area contributed by atoms with Crippen molar-refractivity contribution in [1.29, 1.82) is 0 Å². The van der Waals surface area contributed by atoms with Gasteiger partial charge in [-0.15, -0.1) is 0 Å². The second kappa shape index (κ2) is 3.21. The van der Waals surface area contributed by atoms with Crippen molar-refractivity contribution in [2.45, 2.75) is 56.7 Å². The lowest BCUT2D eigenvalue weighted by Crippen LogP contribution is -2.46. The molecule has 0 aromatic carbocycles. The molecule has 2 nitrogen and oxygen atoms in total. The summed E-state index contributed by atoms with van der Waals surface area (Å²) in [6.07, 6.45) is 9.86. The SMILES string of the molecule is NCC1CCCC(C2CC2)(C2CC2)O1. The summed E-state index contributed by atoms with van der Waals surface area (Å²) in [7, 11) is 0. The first-order valence-electron chi connectivity index (χ1n) is 6.23. The van der Waals surface area contributed by atoms with Crippen LogP contribution in [0.2, 0.25) is 0 Å². The summed E-state index contributed by atoms with van der Waals surface area (Å²) < 4.78 is 6.35. The lowest BCUT2D eigenvalue weighted by Gasteiger charge is -2.42. The Morgan fingerprint density at radius 1 is 1.07 bits per heavy atom. The van der Waals surface area contributed by atoms with E-state index in [1.807, 2.05) is 0 Å². The molecule has 1 atom stereocenters. The van der Waals surface area contributed by atoms with Gasteiger partial charge in [0.25, 0.3) is 0 Å². The minimum atomic E-state index is 0.294. The van der Waals surface area contributed by atoms with Gasteiger partial charge >= 0.3 is 0 Å². The maximum absolute atomic E-state index is 6.35. The molecular formula is C12H21NO. The molecular weight excluding hydrogens is 174 g/mol. The minimum Gasteiger partial charge on any atom is -0.370 e. The molecule has 3 fully saturated rings. The van der Waals surface area contributed by atoms with Crippen molar-refractivity contribution in [3.63, 3.8) is 0 Å². The molecule has 2 saturated carbocycles. The average molecular weight is 195 g/mol. The summed E-state index contributed by atoms with van der Waals surface area (Å²) in [5, 5.41) is 0. The van der Waals surface area contributed by atoms with Gasteiger partial charge in [-0.1, -0.05) is 0 Å². The van der Waals surface area contributed by atoms with E-state index in [1.54, 1.807) is 0 Å². The van der Waals surface area contributed by atoms with Crippen LogP contribution in [0.4, 0.5) is 0 Å². The fraction of sp³-hybridized carbons (Fsp3) is 1.00. The zero-order valence-electron chi connectivity index (χ0n) is 8.87. The van der Waals surface area contributed by atoms with Gasteiger partial charge in [0.15, 0.2) is 0 Å². The predicted octanol–water partition coefficient (Wildman–Crippen LogP) is 2.07. The lowest BCUT2D eigenvalue weighted by atomic mass is 9.83. The van der Waals surface area contributed by atoms with Crippen LogP contribution < -0.4 is 5.73 Å². The Morgan fingerprint density at radius 3 is 2.21 bits per heavy atom. The zero-order chi connectivity index (χ0) is 9.60. The monoisotopic (exact) mass is 195 g/mol. The van der Waals surface area contributed by atoms with Crippen molar-refractivity contribution in [3.8, 4) is 0 Å². The normalized spacial score (nSPS) is 37.1. The minimum absolute atomic E-state index is 0.294. The first-order valence-corrected chi connectivity index (χ1v) is 6.23. The van der Waals surface area contributed by atoms with Crippen LogP contribution in [0.5, 0.6) is 0 Å². The summed E-state index contributed by atoms with van der Waals surface area (Å²) >= 11 is 0. The van der Waals surface area contributed by atoms with Gasteiger partial charge in [0.05, 0.1) is 11.7 Å². The van der Waals surface area contributed by atoms with E-state index < -0.39 is 0 Å². The molecule has 1 unspecified atom stereocenters. The molecule has 1 heterocycles. The Balaban J connectivity index is 1.76. The van der Waals surface area contributed by atoms with Crippen LogP contribution in [0.15, 0.2) is 0 Å². The first-order chi connectivity index (χ1) is 6.85. The van der Waals surface area contributed by atoms with Gasteiger partial charge in [-0.25, -0.2) is 0 Å². The molecule has 3 rings (SSSR count). The molecule has 3 aliphatic rings. The average Bonchev–Trinajstić information content (AvgIpc) is 3.08. The fourth-order valence-corrected chi connectivity index (χ4v) is 3.28. The second-order valence-electron chi connectivity index (χ2n) is 5.37. The number of ether oxygens (including phenoxy) is 1. The number of hydrogen-bond acceptors (Lipinski definition) is 2. The van der Waals surface area contributed by atoms with Gasteiger partial charge < -0.3 is 10.5 Å². The quantitative estimate of drug-likeness (QED) is 0.748. The smallest absolute Gasteiger partial charge is 0.0743 e. The molecule has 2 heteroatoms. The summed E-state index contributed by atoms with van der Waals surface area (Å²) in [5.74, 6) is 1.79. The molecule has 2 N–H and O–H groups in total. The van der Waals surface area contributed by atoms with Gasteiger partial charge in [0.1, 0.15) is 0 Å².